The maximum absolute atomic E-state index is 12.9. The standard InChI is InChI=1S/C27H23Cl2NO5S/c1-2-33-24-15-18(7-12-23(24)35-17-19-5-3-4-6-22(19)29)16-25-26(31)30(27(32)36-25)13-14-34-21-10-8-20(28)9-11-21/h3-12,15-16H,2,13-14,17H2,1H3/b25-16-. The number of nitrogens with zero attached hydrogens (tertiary/aromatic N) is 1. The average molecular weight is 544 g/mol. The quantitative estimate of drug-likeness (QED) is 0.254. The molecule has 0 atom stereocenters. The zero-order valence-electron chi connectivity index (χ0n) is 19.4. The molecule has 0 saturated carbocycles. The van der Waals surface area contributed by atoms with Crippen LogP contribution < -0.4 is 14.2 Å². The van der Waals surface area contributed by atoms with Crippen LogP contribution in [0.15, 0.2) is 71.6 Å². The minimum absolute atomic E-state index is 0.143. The highest BCUT2D eigenvalue weighted by atomic mass is 35.5. The summed E-state index contributed by atoms with van der Waals surface area (Å²) in [5.74, 6) is 1.35. The van der Waals surface area contributed by atoms with Gasteiger partial charge in [-0.15, -0.1) is 0 Å². The number of halogens is 2. The molecule has 0 aromatic heterocycles. The lowest BCUT2D eigenvalue weighted by Gasteiger charge is -2.14. The van der Waals surface area contributed by atoms with E-state index in [0.717, 1.165) is 17.3 Å². The molecule has 1 aliphatic rings. The Balaban J connectivity index is 1.42. The number of benzene rings is 3. The van der Waals surface area contributed by atoms with Gasteiger partial charge in [-0.25, -0.2) is 0 Å². The summed E-state index contributed by atoms with van der Waals surface area (Å²) in [5, 5.41) is 0.892. The largest absolute Gasteiger partial charge is 0.492 e. The Morgan fingerprint density at radius 2 is 1.69 bits per heavy atom. The Hall–Kier alpha value is -3.13. The van der Waals surface area contributed by atoms with Gasteiger partial charge in [0.05, 0.1) is 18.1 Å². The van der Waals surface area contributed by atoms with Crippen LogP contribution in [0.25, 0.3) is 6.08 Å². The minimum Gasteiger partial charge on any atom is -0.492 e. The number of hydrogen-bond donors (Lipinski definition) is 0. The van der Waals surface area contributed by atoms with Crippen molar-refractivity contribution in [2.75, 3.05) is 19.8 Å². The highest BCUT2D eigenvalue weighted by Crippen LogP contribution is 2.35. The lowest BCUT2D eigenvalue weighted by molar-refractivity contribution is -0.123. The normalized spacial score (nSPS) is 14.4. The van der Waals surface area contributed by atoms with Crippen molar-refractivity contribution in [1.82, 2.24) is 4.90 Å². The van der Waals surface area contributed by atoms with Crippen LogP contribution in [0.2, 0.25) is 10.0 Å². The summed E-state index contributed by atoms with van der Waals surface area (Å²) in [4.78, 5) is 26.8. The van der Waals surface area contributed by atoms with E-state index >= 15 is 0 Å². The number of carbonyl (C=O) groups is 2. The zero-order chi connectivity index (χ0) is 25.5. The third-order valence-corrected chi connectivity index (χ3v) is 6.71. The number of thioether (sulfide) groups is 1. The first-order valence-electron chi connectivity index (χ1n) is 11.2. The zero-order valence-corrected chi connectivity index (χ0v) is 21.7. The fraction of sp³-hybridized carbons (Fsp3) is 0.185. The molecule has 1 aliphatic heterocycles. The molecule has 36 heavy (non-hydrogen) atoms. The molecule has 1 heterocycles. The van der Waals surface area contributed by atoms with Gasteiger partial charge in [0.2, 0.25) is 0 Å². The van der Waals surface area contributed by atoms with Crippen molar-refractivity contribution in [3.8, 4) is 17.2 Å². The maximum atomic E-state index is 12.9. The summed E-state index contributed by atoms with van der Waals surface area (Å²) in [6, 6.07) is 19.7. The number of imide groups is 1. The number of ether oxygens (including phenoxy) is 3. The van der Waals surface area contributed by atoms with Crippen LogP contribution in [-0.4, -0.2) is 35.8 Å². The number of amides is 2. The highest BCUT2D eigenvalue weighted by Gasteiger charge is 2.34. The van der Waals surface area contributed by atoms with Gasteiger partial charge in [0.25, 0.3) is 11.1 Å². The molecule has 3 aromatic rings. The first-order chi connectivity index (χ1) is 17.4. The van der Waals surface area contributed by atoms with Gasteiger partial charge >= 0.3 is 0 Å². The van der Waals surface area contributed by atoms with Crippen LogP contribution in [0.4, 0.5) is 4.79 Å². The first kappa shape index (κ1) is 25.9. The van der Waals surface area contributed by atoms with Crippen LogP contribution in [0.1, 0.15) is 18.1 Å². The Bertz CT molecular complexity index is 1280. The smallest absolute Gasteiger partial charge is 0.293 e. The summed E-state index contributed by atoms with van der Waals surface area (Å²) < 4.78 is 17.3. The topological polar surface area (TPSA) is 65.1 Å². The van der Waals surface area contributed by atoms with Crippen LogP contribution in [-0.2, 0) is 11.4 Å². The Morgan fingerprint density at radius 3 is 2.44 bits per heavy atom. The van der Waals surface area contributed by atoms with Gasteiger partial charge in [-0.1, -0.05) is 47.5 Å². The predicted octanol–water partition coefficient (Wildman–Crippen LogP) is 7.09. The third-order valence-electron chi connectivity index (χ3n) is 5.18. The van der Waals surface area contributed by atoms with E-state index in [9.17, 15) is 9.59 Å². The molecule has 4 rings (SSSR count). The number of rotatable bonds is 10. The SMILES string of the molecule is CCOc1cc(/C=C2\SC(=O)N(CCOc3ccc(Cl)cc3)C2=O)ccc1OCc1ccccc1Cl. The minimum atomic E-state index is -0.360. The van der Waals surface area contributed by atoms with Crippen LogP contribution in [0.5, 0.6) is 17.2 Å². The van der Waals surface area contributed by atoms with Crippen molar-refractivity contribution in [3.05, 3.63) is 92.8 Å². The Kier molecular flexibility index (Phi) is 8.80. The first-order valence-corrected chi connectivity index (χ1v) is 12.8. The van der Waals surface area contributed by atoms with Crippen molar-refractivity contribution in [2.24, 2.45) is 0 Å². The molecule has 2 amide bonds. The van der Waals surface area contributed by atoms with Crippen LogP contribution in [0.3, 0.4) is 0 Å². The van der Waals surface area contributed by atoms with E-state index in [1.807, 2.05) is 37.3 Å². The molecule has 6 nitrogen and oxygen atoms in total. The van der Waals surface area contributed by atoms with E-state index in [0.29, 0.717) is 44.4 Å². The molecule has 0 spiro atoms. The molecule has 0 unspecified atom stereocenters. The van der Waals surface area contributed by atoms with E-state index in [4.69, 9.17) is 37.4 Å². The van der Waals surface area contributed by atoms with Crippen LogP contribution in [0, 0.1) is 0 Å². The molecule has 9 heteroatoms. The van der Waals surface area contributed by atoms with E-state index in [1.165, 1.54) is 4.90 Å². The van der Waals surface area contributed by atoms with E-state index < -0.39 is 0 Å². The molecule has 0 bridgehead atoms. The summed E-state index contributed by atoms with van der Waals surface area (Å²) >= 11 is 13.0. The van der Waals surface area contributed by atoms with Gasteiger partial charge in [-0.05, 0) is 72.8 Å². The van der Waals surface area contributed by atoms with Crippen molar-refractivity contribution in [1.29, 1.82) is 0 Å². The fourth-order valence-corrected chi connectivity index (χ4v) is 4.58. The molecule has 1 saturated heterocycles. The van der Waals surface area contributed by atoms with Crippen molar-refractivity contribution in [2.45, 2.75) is 13.5 Å². The molecular formula is C27H23Cl2NO5S. The second kappa shape index (κ2) is 12.2. The van der Waals surface area contributed by atoms with Gasteiger partial charge in [0.15, 0.2) is 11.5 Å². The van der Waals surface area contributed by atoms with E-state index in [-0.39, 0.29) is 30.9 Å². The summed E-state index contributed by atoms with van der Waals surface area (Å²) in [6.45, 7) is 2.93. The van der Waals surface area contributed by atoms with E-state index in [1.54, 1.807) is 42.5 Å². The summed E-state index contributed by atoms with van der Waals surface area (Å²) in [6.07, 6.45) is 1.67. The monoisotopic (exact) mass is 543 g/mol. The maximum Gasteiger partial charge on any atom is 0.293 e. The lowest BCUT2D eigenvalue weighted by atomic mass is 10.1. The summed E-state index contributed by atoms with van der Waals surface area (Å²) in [7, 11) is 0. The average Bonchev–Trinajstić information content (AvgIpc) is 3.13. The molecular weight excluding hydrogens is 521 g/mol. The molecule has 0 radical (unpaired) electrons. The second-order valence-electron chi connectivity index (χ2n) is 7.66. The van der Waals surface area contributed by atoms with Gasteiger partial charge in [-0.2, -0.15) is 0 Å². The Labute approximate surface area is 223 Å². The van der Waals surface area contributed by atoms with Gasteiger partial charge in [0.1, 0.15) is 19.0 Å². The fourth-order valence-electron chi connectivity index (χ4n) is 3.40. The van der Waals surface area contributed by atoms with Gasteiger partial charge in [0, 0.05) is 15.6 Å². The molecule has 0 aliphatic carbocycles. The number of hydrogen-bond acceptors (Lipinski definition) is 6. The van der Waals surface area contributed by atoms with Crippen molar-refractivity contribution < 1.29 is 23.8 Å². The highest BCUT2D eigenvalue weighted by molar-refractivity contribution is 8.18. The number of carbonyl (C=O) groups excluding carboxylic acids is 2. The second-order valence-corrected chi connectivity index (χ2v) is 9.49. The van der Waals surface area contributed by atoms with E-state index in [2.05, 4.69) is 0 Å². The summed E-state index contributed by atoms with van der Waals surface area (Å²) in [5.41, 5.74) is 1.57. The van der Waals surface area contributed by atoms with Crippen LogP contribution >= 0.6 is 35.0 Å². The van der Waals surface area contributed by atoms with Gasteiger partial charge in [-0.3, -0.25) is 14.5 Å². The molecule has 1 fully saturated rings. The third kappa shape index (κ3) is 6.55. The van der Waals surface area contributed by atoms with Crippen molar-refractivity contribution >= 4 is 52.2 Å². The molecule has 186 valence electrons. The lowest BCUT2D eigenvalue weighted by Crippen LogP contribution is -2.32. The molecule has 0 N–H and O–H groups in total. The Morgan fingerprint density at radius 1 is 0.917 bits per heavy atom. The predicted molar refractivity (Wildman–Crippen MR) is 143 cm³/mol. The van der Waals surface area contributed by atoms with Gasteiger partial charge < -0.3 is 14.2 Å². The molecule has 3 aromatic carbocycles. The van der Waals surface area contributed by atoms with Crippen molar-refractivity contribution in [3.63, 3.8) is 0 Å².